The van der Waals surface area contributed by atoms with E-state index in [-0.39, 0.29) is 0 Å². The number of piperidine rings is 1. The highest BCUT2D eigenvalue weighted by Crippen LogP contribution is 2.22. The van der Waals surface area contributed by atoms with E-state index >= 15 is 0 Å². The first-order valence-corrected chi connectivity index (χ1v) is 6.52. The highest BCUT2D eigenvalue weighted by molar-refractivity contribution is 7.80. The molecule has 1 fully saturated rings. The second kappa shape index (κ2) is 6.44. The van der Waals surface area contributed by atoms with Gasteiger partial charge in [0.25, 0.3) is 0 Å². The number of hydrogen-bond acceptors (Lipinski definition) is 2. The Hall–Kier alpha value is -0.150. The van der Waals surface area contributed by atoms with Gasteiger partial charge in [-0.25, -0.2) is 0 Å². The maximum Gasteiger partial charge on any atom is 0.0727 e. The number of hydrogen-bond donors (Lipinski definition) is 1. The molecule has 0 saturated carbocycles. The monoisotopic (exact) mass is 228 g/mol. The molecule has 2 atom stereocenters. The highest BCUT2D eigenvalue weighted by Gasteiger charge is 2.21. The van der Waals surface area contributed by atoms with Crippen molar-refractivity contribution in [1.82, 2.24) is 4.90 Å². The van der Waals surface area contributed by atoms with Crippen LogP contribution in [0.3, 0.4) is 0 Å². The number of nitrogens with two attached hydrogens (primary N) is 1. The molecule has 0 aromatic rings. The van der Waals surface area contributed by atoms with Gasteiger partial charge < -0.3 is 10.6 Å². The van der Waals surface area contributed by atoms with Crippen molar-refractivity contribution in [3.63, 3.8) is 0 Å². The first kappa shape index (κ1) is 12.9. The maximum atomic E-state index is 5.48. The molecule has 1 aliphatic rings. The normalized spacial score (nSPS) is 27.9. The molecule has 2 unspecified atom stereocenters. The lowest BCUT2D eigenvalue weighted by Gasteiger charge is -2.36. The smallest absolute Gasteiger partial charge is 0.0727 e. The molecule has 0 aromatic carbocycles. The van der Waals surface area contributed by atoms with Crippen LogP contribution in [0.2, 0.25) is 0 Å². The average molecular weight is 228 g/mol. The first-order valence-electron chi connectivity index (χ1n) is 6.12. The van der Waals surface area contributed by atoms with Gasteiger partial charge in [0, 0.05) is 6.04 Å². The van der Waals surface area contributed by atoms with Gasteiger partial charge in [0.15, 0.2) is 0 Å². The van der Waals surface area contributed by atoms with Crippen molar-refractivity contribution in [2.75, 3.05) is 13.1 Å². The van der Waals surface area contributed by atoms with E-state index in [9.17, 15) is 0 Å². The molecule has 0 radical (unpaired) electrons. The van der Waals surface area contributed by atoms with E-state index in [0.717, 1.165) is 24.8 Å². The Morgan fingerprint density at radius 1 is 1.40 bits per heavy atom. The lowest BCUT2D eigenvalue weighted by Crippen LogP contribution is -2.40. The summed E-state index contributed by atoms with van der Waals surface area (Å²) in [4.78, 5) is 3.27. The largest absolute Gasteiger partial charge is 0.393 e. The summed E-state index contributed by atoms with van der Waals surface area (Å²) in [6, 6.07) is 0.763. The first-order chi connectivity index (χ1) is 7.09. The molecule has 2 N–H and O–H groups in total. The fourth-order valence-corrected chi connectivity index (χ4v) is 2.55. The Bertz CT molecular complexity index is 206. The predicted molar refractivity (Wildman–Crippen MR) is 70.1 cm³/mol. The summed E-state index contributed by atoms with van der Waals surface area (Å²) in [6.07, 6.45) is 6.01. The van der Waals surface area contributed by atoms with Gasteiger partial charge in [-0.2, -0.15) is 0 Å². The lowest BCUT2D eigenvalue weighted by molar-refractivity contribution is 0.127. The standard InChI is InChI=1S/C12H24N2S/c1-10-6-8-14(11(2)9-10)7-4-3-5-12(13)15/h10-11H,3-9H2,1-2H3,(H2,13,15). The number of rotatable bonds is 5. The zero-order valence-electron chi connectivity index (χ0n) is 10.0. The molecule has 1 rings (SSSR count). The van der Waals surface area contributed by atoms with Crippen LogP contribution >= 0.6 is 12.2 Å². The zero-order chi connectivity index (χ0) is 11.3. The van der Waals surface area contributed by atoms with Gasteiger partial charge in [-0.15, -0.1) is 0 Å². The molecule has 3 heteroatoms. The van der Waals surface area contributed by atoms with Crippen LogP contribution < -0.4 is 5.73 Å². The minimum Gasteiger partial charge on any atom is -0.393 e. The molecular formula is C12H24N2S. The van der Waals surface area contributed by atoms with Crippen LogP contribution in [0.25, 0.3) is 0 Å². The third kappa shape index (κ3) is 4.94. The topological polar surface area (TPSA) is 29.3 Å². The maximum absolute atomic E-state index is 5.48. The van der Waals surface area contributed by atoms with Gasteiger partial charge in [-0.05, 0) is 58.0 Å². The van der Waals surface area contributed by atoms with Crippen LogP contribution in [0.1, 0.15) is 46.0 Å². The molecule has 15 heavy (non-hydrogen) atoms. The summed E-state index contributed by atoms with van der Waals surface area (Å²) < 4.78 is 0. The van der Waals surface area contributed by atoms with Crippen molar-refractivity contribution in [3.8, 4) is 0 Å². The molecule has 88 valence electrons. The molecule has 1 aliphatic heterocycles. The number of nitrogens with zero attached hydrogens (tertiary/aromatic N) is 1. The Labute approximate surface area is 99.2 Å². The van der Waals surface area contributed by atoms with E-state index in [0.29, 0.717) is 4.99 Å². The van der Waals surface area contributed by atoms with E-state index in [4.69, 9.17) is 18.0 Å². The van der Waals surface area contributed by atoms with E-state index in [1.807, 2.05) is 0 Å². The SMILES string of the molecule is CC1CCN(CCCCC(N)=S)C(C)C1. The Balaban J connectivity index is 2.13. The molecular weight excluding hydrogens is 204 g/mol. The molecule has 1 saturated heterocycles. The van der Waals surface area contributed by atoms with Crippen LogP contribution in [-0.2, 0) is 0 Å². The van der Waals surface area contributed by atoms with E-state index in [1.165, 1.54) is 32.4 Å². The van der Waals surface area contributed by atoms with Crippen molar-refractivity contribution in [3.05, 3.63) is 0 Å². The van der Waals surface area contributed by atoms with Crippen molar-refractivity contribution >= 4 is 17.2 Å². The van der Waals surface area contributed by atoms with Crippen LogP contribution in [0.4, 0.5) is 0 Å². The summed E-state index contributed by atoms with van der Waals surface area (Å²) >= 11 is 4.87. The second-order valence-electron chi connectivity index (χ2n) is 4.94. The lowest BCUT2D eigenvalue weighted by atomic mass is 9.93. The average Bonchev–Trinajstić information content (AvgIpc) is 2.14. The van der Waals surface area contributed by atoms with Gasteiger partial charge in [-0.3, -0.25) is 0 Å². The minimum atomic E-state index is 0.662. The van der Waals surface area contributed by atoms with Gasteiger partial charge in [0.05, 0.1) is 4.99 Å². The summed E-state index contributed by atoms with van der Waals surface area (Å²) in [5, 5.41) is 0. The van der Waals surface area contributed by atoms with Gasteiger partial charge in [0.2, 0.25) is 0 Å². The fraction of sp³-hybridized carbons (Fsp3) is 0.917. The van der Waals surface area contributed by atoms with Crippen LogP contribution in [0.5, 0.6) is 0 Å². The summed E-state index contributed by atoms with van der Waals surface area (Å²) in [5.41, 5.74) is 5.48. The highest BCUT2D eigenvalue weighted by atomic mass is 32.1. The Kier molecular flexibility index (Phi) is 5.54. The van der Waals surface area contributed by atoms with Gasteiger partial charge in [-0.1, -0.05) is 19.1 Å². The van der Waals surface area contributed by atoms with Crippen molar-refractivity contribution in [1.29, 1.82) is 0 Å². The van der Waals surface area contributed by atoms with Gasteiger partial charge >= 0.3 is 0 Å². The summed E-state index contributed by atoms with van der Waals surface area (Å²) in [6.45, 7) is 7.20. The van der Waals surface area contributed by atoms with Crippen molar-refractivity contribution < 1.29 is 0 Å². The summed E-state index contributed by atoms with van der Waals surface area (Å²) in [7, 11) is 0. The van der Waals surface area contributed by atoms with Crippen LogP contribution in [-0.4, -0.2) is 29.0 Å². The molecule has 0 aliphatic carbocycles. The van der Waals surface area contributed by atoms with E-state index in [1.54, 1.807) is 0 Å². The molecule has 0 aromatic heterocycles. The molecule has 0 bridgehead atoms. The molecule has 1 heterocycles. The van der Waals surface area contributed by atoms with Crippen LogP contribution in [0, 0.1) is 5.92 Å². The van der Waals surface area contributed by atoms with E-state index in [2.05, 4.69) is 18.7 Å². The van der Waals surface area contributed by atoms with Crippen LogP contribution in [0.15, 0.2) is 0 Å². The third-order valence-electron chi connectivity index (χ3n) is 3.39. The Morgan fingerprint density at radius 3 is 2.73 bits per heavy atom. The minimum absolute atomic E-state index is 0.662. The molecule has 0 amide bonds. The van der Waals surface area contributed by atoms with Crippen molar-refractivity contribution in [2.45, 2.75) is 52.0 Å². The third-order valence-corrected chi connectivity index (χ3v) is 3.60. The number of likely N-dealkylation sites (tertiary alicyclic amines) is 1. The summed E-state index contributed by atoms with van der Waals surface area (Å²) in [5.74, 6) is 0.910. The van der Waals surface area contributed by atoms with Crippen molar-refractivity contribution in [2.24, 2.45) is 11.7 Å². The Morgan fingerprint density at radius 2 is 2.13 bits per heavy atom. The second-order valence-corrected chi connectivity index (χ2v) is 5.46. The fourth-order valence-electron chi connectivity index (χ4n) is 2.40. The number of thiocarbonyl (C=S) groups is 1. The van der Waals surface area contributed by atoms with Gasteiger partial charge in [0.1, 0.15) is 0 Å². The quantitative estimate of drug-likeness (QED) is 0.579. The van der Waals surface area contributed by atoms with E-state index < -0.39 is 0 Å². The zero-order valence-corrected chi connectivity index (χ0v) is 10.9. The number of unbranched alkanes of at least 4 members (excludes halogenated alkanes) is 1. The molecule has 0 spiro atoms. The predicted octanol–water partition coefficient (Wildman–Crippen LogP) is 2.56. The molecule has 2 nitrogen and oxygen atoms in total.